The zero-order chi connectivity index (χ0) is 20.6. The molecule has 28 heavy (non-hydrogen) atoms. The van der Waals surface area contributed by atoms with E-state index in [2.05, 4.69) is 18.8 Å². The number of halogens is 3. The van der Waals surface area contributed by atoms with Crippen molar-refractivity contribution in [2.75, 3.05) is 6.61 Å². The largest absolute Gasteiger partial charge is 0.493 e. The molecule has 0 saturated carbocycles. The second-order valence-corrected chi connectivity index (χ2v) is 6.48. The Bertz CT molecular complexity index is 801. The van der Waals surface area contributed by atoms with Crippen LogP contribution in [0.1, 0.15) is 50.7 Å². The molecule has 5 heteroatoms. The van der Waals surface area contributed by atoms with E-state index in [9.17, 15) is 13.2 Å². The topological polar surface area (TPSA) is 18.5 Å². The highest BCUT2D eigenvalue weighted by molar-refractivity contribution is 5.36. The van der Waals surface area contributed by atoms with Gasteiger partial charge < -0.3 is 9.47 Å². The summed E-state index contributed by atoms with van der Waals surface area (Å²) in [6.45, 7) is 6.00. The zero-order valence-electron chi connectivity index (χ0n) is 16.3. The lowest BCUT2D eigenvalue weighted by Crippen LogP contribution is -2.18. The van der Waals surface area contributed by atoms with Crippen molar-refractivity contribution in [3.63, 3.8) is 0 Å². The Balaban J connectivity index is 1.87. The van der Waals surface area contributed by atoms with Crippen molar-refractivity contribution >= 4 is 0 Å². The Morgan fingerprint density at radius 1 is 1.04 bits per heavy atom. The molecule has 0 heterocycles. The molecule has 2 atom stereocenters. The molecule has 0 aliphatic rings. The van der Waals surface area contributed by atoms with E-state index in [4.69, 9.17) is 9.47 Å². The zero-order valence-corrected chi connectivity index (χ0v) is 16.3. The molecule has 2 rings (SSSR count). The van der Waals surface area contributed by atoms with E-state index in [0.717, 1.165) is 18.1 Å². The van der Waals surface area contributed by atoms with Crippen LogP contribution in [0.3, 0.4) is 0 Å². The van der Waals surface area contributed by atoms with Crippen molar-refractivity contribution in [3.8, 4) is 23.3 Å². The second-order valence-electron chi connectivity index (χ2n) is 6.48. The monoisotopic (exact) mass is 390 g/mol. The summed E-state index contributed by atoms with van der Waals surface area (Å²) in [4.78, 5) is 0. The highest BCUT2D eigenvalue weighted by atomic mass is 19.4. The number of alkyl halides is 3. The van der Waals surface area contributed by atoms with Gasteiger partial charge in [-0.05, 0) is 50.1 Å². The molecule has 0 saturated heterocycles. The van der Waals surface area contributed by atoms with Gasteiger partial charge in [0, 0.05) is 12.3 Å². The van der Waals surface area contributed by atoms with Crippen LogP contribution in [0.15, 0.2) is 48.5 Å². The van der Waals surface area contributed by atoms with E-state index in [1.54, 1.807) is 6.92 Å². The molecule has 0 spiro atoms. The van der Waals surface area contributed by atoms with Crippen LogP contribution in [0, 0.1) is 11.8 Å². The van der Waals surface area contributed by atoms with Gasteiger partial charge in [0.15, 0.2) is 0 Å². The smallest absolute Gasteiger partial charge is 0.419 e. The van der Waals surface area contributed by atoms with Gasteiger partial charge in [0.1, 0.15) is 11.5 Å². The summed E-state index contributed by atoms with van der Waals surface area (Å²) in [5.74, 6) is 6.89. The first kappa shape index (κ1) is 21.7. The maximum atomic E-state index is 13.0. The molecular weight excluding hydrogens is 365 g/mol. The maximum Gasteiger partial charge on any atom is 0.419 e. The molecule has 0 aliphatic heterocycles. The van der Waals surface area contributed by atoms with Crippen molar-refractivity contribution < 1.29 is 22.6 Å². The van der Waals surface area contributed by atoms with E-state index in [1.165, 1.54) is 18.2 Å². The highest BCUT2D eigenvalue weighted by Gasteiger charge is 2.34. The van der Waals surface area contributed by atoms with Crippen LogP contribution >= 0.6 is 0 Å². The van der Waals surface area contributed by atoms with Gasteiger partial charge >= 0.3 is 6.18 Å². The molecular formula is C23H25F3O2. The average molecular weight is 390 g/mol. The fourth-order valence-electron chi connectivity index (χ4n) is 2.81. The molecule has 0 fully saturated rings. The van der Waals surface area contributed by atoms with E-state index in [0.29, 0.717) is 18.8 Å². The van der Waals surface area contributed by atoms with Gasteiger partial charge in [-0.25, -0.2) is 0 Å². The molecule has 1 unspecified atom stereocenters. The molecule has 0 N–H and O–H groups in total. The number of para-hydroxylation sites is 1. The Kier molecular flexibility index (Phi) is 7.80. The third kappa shape index (κ3) is 6.23. The lowest BCUT2D eigenvalue weighted by atomic mass is 9.97. The van der Waals surface area contributed by atoms with Crippen molar-refractivity contribution in [2.45, 2.75) is 51.8 Å². The quantitative estimate of drug-likeness (QED) is 0.482. The van der Waals surface area contributed by atoms with Gasteiger partial charge in [-0.1, -0.05) is 37.1 Å². The van der Waals surface area contributed by atoms with Crippen LogP contribution in [0.2, 0.25) is 0 Å². The predicted molar refractivity (Wildman–Crippen MR) is 105 cm³/mol. The standard InChI is InChI=1S/C23H25F3O2/c1-4-8-18(5-2)19-11-13-20(14-12-19)27-16-15-17(3)28-22-10-7-6-9-21(22)23(24,25)26/h6-7,9-14,17-18H,5,15-16H2,1-3H3/t17-,18?/m1/s1. The van der Waals surface area contributed by atoms with E-state index in [-0.39, 0.29) is 11.7 Å². The Hall–Kier alpha value is -2.61. The number of hydrogen-bond donors (Lipinski definition) is 0. The van der Waals surface area contributed by atoms with Gasteiger partial charge in [-0.2, -0.15) is 13.2 Å². The van der Waals surface area contributed by atoms with E-state index >= 15 is 0 Å². The minimum Gasteiger partial charge on any atom is -0.493 e. The van der Waals surface area contributed by atoms with Gasteiger partial charge in [0.25, 0.3) is 0 Å². The first-order valence-corrected chi connectivity index (χ1v) is 9.33. The lowest BCUT2D eigenvalue weighted by Gasteiger charge is -2.19. The number of hydrogen-bond acceptors (Lipinski definition) is 2. The van der Waals surface area contributed by atoms with Crippen molar-refractivity contribution in [1.29, 1.82) is 0 Å². The fraction of sp³-hybridized carbons (Fsp3) is 0.391. The molecule has 2 aromatic carbocycles. The predicted octanol–water partition coefficient (Wildman–Crippen LogP) is 6.46. The normalized spacial score (nSPS) is 13.2. The van der Waals surface area contributed by atoms with Crippen LogP contribution in [0.4, 0.5) is 13.2 Å². The van der Waals surface area contributed by atoms with Crippen LogP contribution in [-0.4, -0.2) is 12.7 Å². The summed E-state index contributed by atoms with van der Waals surface area (Å²) in [5.41, 5.74) is 0.378. The van der Waals surface area contributed by atoms with Crippen LogP contribution in [-0.2, 0) is 6.18 Å². The fourth-order valence-corrected chi connectivity index (χ4v) is 2.81. The number of ether oxygens (including phenoxy) is 2. The lowest BCUT2D eigenvalue weighted by molar-refractivity contribution is -0.139. The Labute approximate surface area is 164 Å². The summed E-state index contributed by atoms with van der Waals surface area (Å²) in [6.07, 6.45) is -3.44. The Morgan fingerprint density at radius 3 is 2.32 bits per heavy atom. The maximum absolute atomic E-state index is 13.0. The average Bonchev–Trinajstić information content (AvgIpc) is 2.66. The molecule has 0 aliphatic carbocycles. The minimum atomic E-state index is -4.44. The summed E-state index contributed by atoms with van der Waals surface area (Å²) in [5, 5.41) is 0. The van der Waals surface area contributed by atoms with Gasteiger partial charge in [-0.15, -0.1) is 5.92 Å². The van der Waals surface area contributed by atoms with Gasteiger partial charge in [-0.3, -0.25) is 0 Å². The van der Waals surface area contributed by atoms with Crippen molar-refractivity contribution in [1.82, 2.24) is 0 Å². The molecule has 0 bridgehead atoms. The van der Waals surface area contributed by atoms with E-state index < -0.39 is 17.8 Å². The summed E-state index contributed by atoms with van der Waals surface area (Å²) in [7, 11) is 0. The first-order valence-electron chi connectivity index (χ1n) is 9.33. The minimum absolute atomic E-state index is 0.158. The van der Waals surface area contributed by atoms with Gasteiger partial charge in [0.05, 0.1) is 18.3 Å². The molecule has 2 nitrogen and oxygen atoms in total. The number of rotatable bonds is 8. The third-order valence-corrected chi connectivity index (χ3v) is 4.32. The van der Waals surface area contributed by atoms with Gasteiger partial charge in [0.2, 0.25) is 0 Å². The van der Waals surface area contributed by atoms with Crippen molar-refractivity contribution in [2.24, 2.45) is 0 Å². The van der Waals surface area contributed by atoms with Crippen molar-refractivity contribution in [3.05, 3.63) is 59.7 Å². The molecule has 0 amide bonds. The molecule has 2 aromatic rings. The molecule has 0 radical (unpaired) electrons. The summed E-state index contributed by atoms with van der Waals surface area (Å²) >= 11 is 0. The number of benzene rings is 2. The molecule has 150 valence electrons. The Morgan fingerprint density at radius 2 is 1.71 bits per heavy atom. The first-order chi connectivity index (χ1) is 13.3. The summed E-state index contributed by atoms with van der Waals surface area (Å²) < 4.78 is 50.3. The summed E-state index contributed by atoms with van der Waals surface area (Å²) in [6, 6.07) is 13.0. The van der Waals surface area contributed by atoms with Crippen LogP contribution in [0.5, 0.6) is 11.5 Å². The van der Waals surface area contributed by atoms with Crippen LogP contribution in [0.25, 0.3) is 0 Å². The molecule has 0 aromatic heterocycles. The van der Waals surface area contributed by atoms with E-state index in [1.807, 2.05) is 31.2 Å². The third-order valence-electron chi connectivity index (χ3n) is 4.32. The highest BCUT2D eigenvalue weighted by Crippen LogP contribution is 2.36. The SMILES string of the molecule is CC#CC(CC)c1ccc(OCC[C@@H](C)Oc2ccccc2C(F)(F)F)cc1. The second kappa shape index (κ2) is 10.1. The van der Waals surface area contributed by atoms with Crippen LogP contribution < -0.4 is 9.47 Å².